The molecule has 0 saturated carbocycles. The summed E-state index contributed by atoms with van der Waals surface area (Å²) in [5.74, 6) is -0.516. The number of carbonyl (C=O) groups is 2. The minimum absolute atomic E-state index is 0.348. The van der Waals surface area contributed by atoms with Crippen LogP contribution in [0.15, 0.2) is 53.3 Å². The van der Waals surface area contributed by atoms with Crippen LogP contribution >= 0.6 is 15.9 Å². The molecule has 2 aromatic heterocycles. The van der Waals surface area contributed by atoms with Gasteiger partial charge in [-0.05, 0) is 30.3 Å². The number of rotatable bonds is 4. The third-order valence-corrected chi connectivity index (χ3v) is 3.77. The van der Waals surface area contributed by atoms with E-state index in [-0.39, 0.29) is 0 Å². The maximum absolute atomic E-state index is 11.8. The molecule has 3 rings (SSSR count). The predicted molar refractivity (Wildman–Crippen MR) is 83.4 cm³/mol. The number of benzene rings is 1. The van der Waals surface area contributed by atoms with Gasteiger partial charge < -0.3 is 4.57 Å². The largest absolute Gasteiger partial charge is 0.341 e. The van der Waals surface area contributed by atoms with Crippen LogP contribution in [0, 0.1) is 0 Å². The summed E-state index contributed by atoms with van der Waals surface area (Å²) in [4.78, 5) is 26.9. The van der Waals surface area contributed by atoms with Gasteiger partial charge in [0.15, 0.2) is 6.29 Å². The Kier molecular flexibility index (Phi) is 3.66. The second-order valence-electron chi connectivity index (χ2n) is 4.64. The fraction of sp³-hybridized carbons (Fsp3) is 0.0625. The second-order valence-corrected chi connectivity index (χ2v) is 5.55. The number of Topliss-reactive ketones (excluding diaryl/α,β-unsaturated/α-hetero) is 1. The van der Waals surface area contributed by atoms with Crippen LogP contribution in [0.2, 0.25) is 0 Å². The van der Waals surface area contributed by atoms with Gasteiger partial charge in [-0.2, -0.15) is 0 Å². The van der Waals surface area contributed by atoms with Gasteiger partial charge in [0, 0.05) is 27.8 Å². The molecule has 0 aliphatic carbocycles. The van der Waals surface area contributed by atoms with Crippen LogP contribution in [-0.2, 0) is 11.3 Å². The average Bonchev–Trinajstić information content (AvgIpc) is 2.85. The summed E-state index contributed by atoms with van der Waals surface area (Å²) >= 11 is 3.39. The van der Waals surface area contributed by atoms with E-state index in [1.807, 2.05) is 41.0 Å². The minimum atomic E-state index is -0.516. The molecule has 0 bridgehead atoms. The number of halogens is 1. The van der Waals surface area contributed by atoms with E-state index in [9.17, 15) is 9.59 Å². The van der Waals surface area contributed by atoms with E-state index in [4.69, 9.17) is 0 Å². The number of aldehydes is 1. The number of carbonyl (C=O) groups excluding carboxylic acids is 2. The zero-order valence-electron chi connectivity index (χ0n) is 11.0. The van der Waals surface area contributed by atoms with Crippen LogP contribution in [0.1, 0.15) is 16.1 Å². The molecule has 0 aliphatic rings. The van der Waals surface area contributed by atoms with Crippen LogP contribution in [0.5, 0.6) is 0 Å². The molecule has 0 spiro atoms. The monoisotopic (exact) mass is 342 g/mol. The van der Waals surface area contributed by atoms with Gasteiger partial charge in [0.1, 0.15) is 0 Å². The van der Waals surface area contributed by atoms with E-state index < -0.39 is 5.78 Å². The Morgan fingerprint density at radius 3 is 2.86 bits per heavy atom. The lowest BCUT2D eigenvalue weighted by Gasteiger charge is -2.04. The van der Waals surface area contributed by atoms with Gasteiger partial charge in [-0.1, -0.05) is 22.0 Å². The summed E-state index contributed by atoms with van der Waals surface area (Å²) in [6, 6.07) is 11.4. The van der Waals surface area contributed by atoms with Crippen molar-refractivity contribution >= 4 is 38.9 Å². The summed E-state index contributed by atoms with van der Waals surface area (Å²) in [6.07, 6.45) is 3.79. The quantitative estimate of drug-likeness (QED) is 0.415. The lowest BCUT2D eigenvalue weighted by atomic mass is 10.1. The van der Waals surface area contributed by atoms with Crippen molar-refractivity contribution in [2.45, 2.75) is 6.54 Å². The Hall–Kier alpha value is -2.27. The highest BCUT2D eigenvalue weighted by Crippen LogP contribution is 2.26. The topological polar surface area (TPSA) is 52.0 Å². The molecule has 0 saturated heterocycles. The molecule has 0 N–H and O–H groups in total. The molecule has 0 fully saturated rings. The normalized spacial score (nSPS) is 10.7. The Labute approximate surface area is 129 Å². The molecule has 0 aliphatic heterocycles. The number of nitrogens with zero attached hydrogens (tertiary/aromatic N) is 2. The predicted octanol–water partition coefficient (Wildman–Crippen LogP) is 3.23. The van der Waals surface area contributed by atoms with Gasteiger partial charge >= 0.3 is 0 Å². The number of hydrogen-bond donors (Lipinski definition) is 0. The number of ketones is 1. The average molecular weight is 343 g/mol. The second kappa shape index (κ2) is 5.61. The minimum Gasteiger partial charge on any atom is -0.341 e. The van der Waals surface area contributed by atoms with Crippen LogP contribution < -0.4 is 0 Å². The molecular weight excluding hydrogens is 332 g/mol. The third-order valence-electron chi connectivity index (χ3n) is 3.27. The maximum atomic E-state index is 11.8. The van der Waals surface area contributed by atoms with Crippen molar-refractivity contribution in [2.24, 2.45) is 0 Å². The molecule has 0 radical (unpaired) electrons. The number of hydrogen-bond acceptors (Lipinski definition) is 3. The van der Waals surface area contributed by atoms with E-state index >= 15 is 0 Å². The molecule has 3 aromatic rings. The first-order valence-corrected chi connectivity index (χ1v) is 7.16. The van der Waals surface area contributed by atoms with Crippen LogP contribution in [-0.4, -0.2) is 21.6 Å². The lowest BCUT2D eigenvalue weighted by Crippen LogP contribution is -2.01. The zero-order valence-corrected chi connectivity index (χ0v) is 12.6. The Morgan fingerprint density at radius 1 is 1.29 bits per heavy atom. The first-order chi connectivity index (χ1) is 10.2. The molecule has 5 heteroatoms. The van der Waals surface area contributed by atoms with Gasteiger partial charge in [-0.25, -0.2) is 0 Å². The van der Waals surface area contributed by atoms with Crippen molar-refractivity contribution < 1.29 is 9.59 Å². The van der Waals surface area contributed by atoms with Gasteiger partial charge in [0.05, 0.1) is 17.8 Å². The molecule has 104 valence electrons. The van der Waals surface area contributed by atoms with E-state index in [1.165, 1.54) is 0 Å². The Bertz CT molecular complexity index is 825. The van der Waals surface area contributed by atoms with Gasteiger partial charge in [-0.15, -0.1) is 0 Å². The molecule has 0 unspecified atom stereocenters. The van der Waals surface area contributed by atoms with Crippen molar-refractivity contribution in [2.75, 3.05) is 0 Å². The SMILES string of the molecule is O=CC(=O)c1cn(Cc2ccccn2)c2ccc(Br)cc12. The highest BCUT2D eigenvalue weighted by atomic mass is 79.9. The highest BCUT2D eigenvalue weighted by Gasteiger charge is 2.15. The summed E-state index contributed by atoms with van der Waals surface area (Å²) in [7, 11) is 0. The first kappa shape index (κ1) is 13.7. The number of aromatic nitrogens is 2. The summed E-state index contributed by atoms with van der Waals surface area (Å²) in [5.41, 5.74) is 2.20. The summed E-state index contributed by atoms with van der Waals surface area (Å²) < 4.78 is 2.80. The fourth-order valence-corrected chi connectivity index (χ4v) is 2.69. The summed E-state index contributed by atoms with van der Waals surface area (Å²) in [6.45, 7) is 0.547. The van der Waals surface area contributed by atoms with Crippen molar-refractivity contribution in [1.29, 1.82) is 0 Å². The molecule has 2 heterocycles. The molecule has 0 amide bonds. The number of pyridine rings is 1. The number of fused-ring (bicyclic) bond motifs is 1. The smallest absolute Gasteiger partial charge is 0.227 e. The zero-order chi connectivity index (χ0) is 14.8. The molecular formula is C16H11BrN2O2. The maximum Gasteiger partial charge on any atom is 0.227 e. The Morgan fingerprint density at radius 2 is 2.14 bits per heavy atom. The fourth-order valence-electron chi connectivity index (χ4n) is 2.33. The molecule has 0 atom stereocenters. The Balaban J connectivity index is 2.15. The van der Waals surface area contributed by atoms with E-state index in [2.05, 4.69) is 20.9 Å². The lowest BCUT2D eigenvalue weighted by molar-refractivity contribution is -0.104. The van der Waals surface area contributed by atoms with E-state index in [0.717, 1.165) is 21.1 Å². The van der Waals surface area contributed by atoms with Crippen molar-refractivity contribution in [3.05, 3.63) is 64.5 Å². The molecule has 21 heavy (non-hydrogen) atoms. The van der Waals surface area contributed by atoms with Crippen molar-refractivity contribution in [1.82, 2.24) is 9.55 Å². The van der Waals surface area contributed by atoms with Crippen LogP contribution in [0.25, 0.3) is 10.9 Å². The van der Waals surface area contributed by atoms with Crippen molar-refractivity contribution in [3.63, 3.8) is 0 Å². The van der Waals surface area contributed by atoms with Crippen LogP contribution in [0.4, 0.5) is 0 Å². The van der Waals surface area contributed by atoms with E-state index in [0.29, 0.717) is 18.4 Å². The van der Waals surface area contributed by atoms with Crippen molar-refractivity contribution in [3.8, 4) is 0 Å². The van der Waals surface area contributed by atoms with Gasteiger partial charge in [0.25, 0.3) is 0 Å². The molecule has 4 nitrogen and oxygen atoms in total. The van der Waals surface area contributed by atoms with Gasteiger partial charge in [-0.3, -0.25) is 14.6 Å². The highest BCUT2D eigenvalue weighted by molar-refractivity contribution is 9.10. The molecule has 1 aromatic carbocycles. The third kappa shape index (κ3) is 2.64. The first-order valence-electron chi connectivity index (χ1n) is 6.37. The van der Waals surface area contributed by atoms with E-state index in [1.54, 1.807) is 12.4 Å². The van der Waals surface area contributed by atoms with Crippen LogP contribution in [0.3, 0.4) is 0 Å². The standard InChI is InChI=1S/C16H11BrN2O2/c17-11-4-5-15-13(7-11)14(16(21)10-20)9-19(15)8-12-3-1-2-6-18-12/h1-7,9-10H,8H2. The van der Waals surface area contributed by atoms with Gasteiger partial charge in [0.2, 0.25) is 5.78 Å². The summed E-state index contributed by atoms with van der Waals surface area (Å²) in [5, 5.41) is 0.761.